The summed E-state index contributed by atoms with van der Waals surface area (Å²) in [7, 11) is 0. The highest BCUT2D eigenvalue weighted by Gasteiger charge is 2.19. The first-order valence-electron chi connectivity index (χ1n) is 8.89. The molecule has 7 heteroatoms. The fourth-order valence-electron chi connectivity index (χ4n) is 3.45. The zero-order valence-electron chi connectivity index (χ0n) is 15.5. The Hall–Kier alpha value is -2.41. The van der Waals surface area contributed by atoms with E-state index in [0.29, 0.717) is 27.3 Å². The van der Waals surface area contributed by atoms with Crippen molar-refractivity contribution >= 4 is 54.8 Å². The standard InChI is InChI=1S/C22H14BrClN2O2S/c1-11-7-19-15(8-16(11)24)21(27)20(12(2)28-19)18-10-29-22-25-17(9-26(18)22)13-3-5-14(23)6-4-13/h3-10H,1-2H3. The Bertz CT molecular complexity index is 1460. The summed E-state index contributed by atoms with van der Waals surface area (Å²) in [6.45, 7) is 3.71. The Morgan fingerprint density at radius 3 is 2.69 bits per heavy atom. The molecule has 5 aromatic rings. The smallest absolute Gasteiger partial charge is 0.202 e. The number of benzene rings is 2. The van der Waals surface area contributed by atoms with Gasteiger partial charge in [0, 0.05) is 26.6 Å². The van der Waals surface area contributed by atoms with E-state index >= 15 is 0 Å². The first kappa shape index (κ1) is 18.6. The monoisotopic (exact) mass is 484 g/mol. The van der Waals surface area contributed by atoms with Gasteiger partial charge in [-0.2, -0.15) is 0 Å². The summed E-state index contributed by atoms with van der Waals surface area (Å²) in [6.07, 6.45) is 1.95. The molecule has 0 atom stereocenters. The van der Waals surface area contributed by atoms with Crippen molar-refractivity contribution in [3.8, 4) is 22.5 Å². The zero-order chi connectivity index (χ0) is 20.3. The van der Waals surface area contributed by atoms with Gasteiger partial charge in [0.15, 0.2) is 4.96 Å². The summed E-state index contributed by atoms with van der Waals surface area (Å²) in [5.41, 5.74) is 4.50. The number of rotatable bonds is 2. The molecule has 0 saturated heterocycles. The number of aryl methyl sites for hydroxylation is 2. The summed E-state index contributed by atoms with van der Waals surface area (Å²) in [6, 6.07) is 11.5. The highest BCUT2D eigenvalue weighted by atomic mass is 79.9. The van der Waals surface area contributed by atoms with E-state index in [1.54, 1.807) is 6.07 Å². The van der Waals surface area contributed by atoms with Crippen LogP contribution in [0.15, 0.2) is 61.7 Å². The quantitative estimate of drug-likeness (QED) is 0.274. The molecule has 0 aliphatic rings. The number of aromatic nitrogens is 2. The summed E-state index contributed by atoms with van der Waals surface area (Å²) in [4.78, 5) is 18.9. The van der Waals surface area contributed by atoms with Crippen LogP contribution in [0.25, 0.3) is 38.4 Å². The van der Waals surface area contributed by atoms with Crippen molar-refractivity contribution in [1.82, 2.24) is 9.38 Å². The molecule has 0 unspecified atom stereocenters. The largest absolute Gasteiger partial charge is 0.460 e. The molecular weight excluding hydrogens is 472 g/mol. The van der Waals surface area contributed by atoms with Crippen LogP contribution in [0.3, 0.4) is 0 Å². The minimum absolute atomic E-state index is 0.0933. The van der Waals surface area contributed by atoms with Gasteiger partial charge in [-0.25, -0.2) is 4.98 Å². The van der Waals surface area contributed by atoms with Gasteiger partial charge in [0.1, 0.15) is 11.3 Å². The Balaban J connectivity index is 1.73. The van der Waals surface area contributed by atoms with Crippen molar-refractivity contribution in [2.24, 2.45) is 0 Å². The molecule has 4 nitrogen and oxygen atoms in total. The minimum atomic E-state index is -0.0933. The highest BCUT2D eigenvalue weighted by molar-refractivity contribution is 9.10. The van der Waals surface area contributed by atoms with Gasteiger partial charge in [0.05, 0.1) is 22.3 Å². The van der Waals surface area contributed by atoms with Gasteiger partial charge in [-0.15, -0.1) is 11.3 Å². The summed E-state index contributed by atoms with van der Waals surface area (Å²) in [5, 5.41) is 2.97. The van der Waals surface area contributed by atoms with Crippen LogP contribution in [0.5, 0.6) is 0 Å². The van der Waals surface area contributed by atoms with Gasteiger partial charge in [-0.05, 0) is 43.7 Å². The van der Waals surface area contributed by atoms with Gasteiger partial charge in [-0.1, -0.05) is 39.7 Å². The van der Waals surface area contributed by atoms with Crippen LogP contribution in [0, 0.1) is 13.8 Å². The SMILES string of the molecule is Cc1cc2oc(C)c(-c3csc4nc(-c5ccc(Br)cc5)cn34)c(=O)c2cc1Cl. The molecule has 0 bridgehead atoms. The van der Waals surface area contributed by atoms with Crippen molar-refractivity contribution in [1.29, 1.82) is 0 Å². The van der Waals surface area contributed by atoms with Crippen LogP contribution < -0.4 is 5.43 Å². The maximum atomic E-state index is 13.3. The molecule has 29 heavy (non-hydrogen) atoms. The topological polar surface area (TPSA) is 47.5 Å². The number of halogens is 2. The van der Waals surface area contributed by atoms with Crippen molar-refractivity contribution in [2.75, 3.05) is 0 Å². The molecule has 3 aromatic heterocycles. The van der Waals surface area contributed by atoms with Crippen molar-refractivity contribution in [2.45, 2.75) is 13.8 Å². The Morgan fingerprint density at radius 2 is 1.93 bits per heavy atom. The normalized spacial score (nSPS) is 11.6. The van der Waals surface area contributed by atoms with Gasteiger partial charge < -0.3 is 4.42 Å². The van der Waals surface area contributed by atoms with E-state index in [9.17, 15) is 4.79 Å². The fourth-order valence-corrected chi connectivity index (χ4v) is 4.74. The van der Waals surface area contributed by atoms with Crippen molar-refractivity contribution in [3.63, 3.8) is 0 Å². The van der Waals surface area contributed by atoms with Crippen LogP contribution in [0.4, 0.5) is 0 Å². The molecule has 0 N–H and O–H groups in total. The molecule has 0 radical (unpaired) electrons. The average molecular weight is 486 g/mol. The van der Waals surface area contributed by atoms with Gasteiger partial charge >= 0.3 is 0 Å². The number of fused-ring (bicyclic) bond motifs is 2. The van der Waals surface area contributed by atoms with E-state index in [4.69, 9.17) is 21.0 Å². The van der Waals surface area contributed by atoms with Crippen LogP contribution in [-0.4, -0.2) is 9.38 Å². The summed E-state index contributed by atoms with van der Waals surface area (Å²) >= 11 is 11.2. The molecule has 5 rings (SSSR count). The van der Waals surface area contributed by atoms with Gasteiger partial charge in [0.2, 0.25) is 5.43 Å². The second kappa shape index (κ2) is 6.83. The molecule has 0 fully saturated rings. The lowest BCUT2D eigenvalue weighted by molar-refractivity contribution is 0.566. The molecule has 3 heterocycles. The Labute approximate surface area is 183 Å². The lowest BCUT2D eigenvalue weighted by atomic mass is 10.1. The number of nitrogens with zero attached hydrogens (tertiary/aromatic N) is 2. The summed E-state index contributed by atoms with van der Waals surface area (Å²) in [5.74, 6) is 0.572. The van der Waals surface area contributed by atoms with Gasteiger partial charge in [0.25, 0.3) is 0 Å². The number of thiazole rings is 1. The van der Waals surface area contributed by atoms with E-state index in [-0.39, 0.29) is 5.43 Å². The lowest BCUT2D eigenvalue weighted by Crippen LogP contribution is -2.08. The Kier molecular flexibility index (Phi) is 4.38. The predicted octanol–water partition coefficient (Wildman–Crippen LogP) is 6.87. The molecule has 0 saturated carbocycles. The zero-order valence-corrected chi connectivity index (χ0v) is 18.7. The second-order valence-electron chi connectivity index (χ2n) is 6.87. The number of hydrogen-bond donors (Lipinski definition) is 0. The van der Waals surface area contributed by atoms with E-state index < -0.39 is 0 Å². The fraction of sp³-hybridized carbons (Fsp3) is 0.0909. The van der Waals surface area contributed by atoms with E-state index in [1.165, 1.54) is 11.3 Å². The maximum Gasteiger partial charge on any atom is 0.202 e. The molecule has 0 amide bonds. The third-order valence-corrected chi connectivity index (χ3v) is 6.73. The van der Waals surface area contributed by atoms with E-state index in [1.807, 2.05) is 60.2 Å². The first-order chi connectivity index (χ1) is 13.9. The minimum Gasteiger partial charge on any atom is -0.460 e. The van der Waals surface area contributed by atoms with Crippen LogP contribution >= 0.6 is 38.9 Å². The van der Waals surface area contributed by atoms with Crippen LogP contribution in [-0.2, 0) is 0 Å². The molecule has 144 valence electrons. The molecule has 0 aliphatic carbocycles. The van der Waals surface area contributed by atoms with Crippen LogP contribution in [0.2, 0.25) is 5.02 Å². The van der Waals surface area contributed by atoms with Gasteiger partial charge in [-0.3, -0.25) is 9.20 Å². The van der Waals surface area contributed by atoms with Crippen molar-refractivity contribution < 1.29 is 4.42 Å². The molecular formula is C22H14BrClN2O2S. The summed E-state index contributed by atoms with van der Waals surface area (Å²) < 4.78 is 8.96. The Morgan fingerprint density at radius 1 is 1.17 bits per heavy atom. The van der Waals surface area contributed by atoms with E-state index in [0.717, 1.165) is 31.9 Å². The first-order valence-corrected chi connectivity index (χ1v) is 10.9. The molecule has 0 spiro atoms. The molecule has 0 aliphatic heterocycles. The molecule has 2 aromatic carbocycles. The van der Waals surface area contributed by atoms with Crippen molar-refractivity contribution in [3.05, 3.63) is 79.0 Å². The second-order valence-corrected chi connectivity index (χ2v) is 9.03. The maximum absolute atomic E-state index is 13.3. The van der Waals surface area contributed by atoms with E-state index in [2.05, 4.69) is 15.9 Å². The predicted molar refractivity (Wildman–Crippen MR) is 122 cm³/mol. The third-order valence-electron chi connectivity index (χ3n) is 4.95. The highest BCUT2D eigenvalue weighted by Crippen LogP contribution is 2.32. The van der Waals surface area contributed by atoms with Crippen LogP contribution in [0.1, 0.15) is 11.3 Å². The third kappa shape index (κ3) is 3.03. The average Bonchev–Trinajstić information content (AvgIpc) is 3.26. The number of hydrogen-bond acceptors (Lipinski definition) is 4. The lowest BCUT2D eigenvalue weighted by Gasteiger charge is -2.07. The number of imidazole rings is 1.